The number of fused-ring (bicyclic) bond motifs is 1. The van der Waals surface area contributed by atoms with E-state index >= 15 is 0 Å². The first kappa shape index (κ1) is 14.0. The second-order valence-electron chi connectivity index (χ2n) is 4.06. The number of H-pyrrole nitrogens is 1. The van der Waals surface area contributed by atoms with Gasteiger partial charge in [-0.1, -0.05) is 9.97 Å². The highest BCUT2D eigenvalue weighted by Gasteiger charge is 2.27. The summed E-state index contributed by atoms with van der Waals surface area (Å²) in [5.41, 5.74) is -0.458. The molecule has 0 aliphatic heterocycles. The smallest absolute Gasteiger partial charge is 0.459 e. The Morgan fingerprint density at radius 1 is 1.19 bits per heavy atom. The van der Waals surface area contributed by atoms with Crippen molar-refractivity contribution in [2.45, 2.75) is 0 Å². The van der Waals surface area contributed by atoms with Crippen LogP contribution in [0.15, 0.2) is 18.5 Å². The quantitative estimate of drug-likeness (QED) is 0.580. The number of rotatable bonds is 2. The van der Waals surface area contributed by atoms with E-state index in [2.05, 4.69) is 15.1 Å². The van der Waals surface area contributed by atoms with Crippen LogP contribution >= 0.6 is 23.2 Å². The first-order valence-corrected chi connectivity index (χ1v) is 6.42. The average Bonchev–Trinajstić information content (AvgIpc) is 2.89. The normalized spacial score (nSPS) is 11.1. The van der Waals surface area contributed by atoms with Gasteiger partial charge in [-0.2, -0.15) is 0 Å². The van der Waals surface area contributed by atoms with Gasteiger partial charge in [0.2, 0.25) is 10.3 Å². The lowest BCUT2D eigenvalue weighted by Crippen LogP contribution is -2.27. The lowest BCUT2D eigenvalue weighted by molar-refractivity contribution is -0.576. The first-order chi connectivity index (χ1) is 10.0. The van der Waals surface area contributed by atoms with E-state index in [9.17, 15) is 8.78 Å². The molecular weight excluding hydrogens is 325 g/mol. The molecule has 1 aromatic carbocycles. The summed E-state index contributed by atoms with van der Waals surface area (Å²) in [6.45, 7) is 0. The standard InChI is InChI=1S/C12H6Cl2F2N4O/c1-21-5-2-6(15)8(7(16)3-5)9-10(13)19-12-17-4-18-20(12)11(9)14/h2-4H,1H3/p+1. The van der Waals surface area contributed by atoms with E-state index in [1.165, 1.54) is 18.0 Å². The van der Waals surface area contributed by atoms with Gasteiger partial charge in [0.05, 0.1) is 18.2 Å². The maximum absolute atomic E-state index is 14.2. The molecule has 0 atom stereocenters. The topological polar surface area (TPSA) is 54.9 Å². The number of benzene rings is 1. The number of nitrogens with one attached hydrogen (secondary N) is 1. The Labute approximate surface area is 127 Å². The molecule has 0 unspecified atom stereocenters. The van der Waals surface area contributed by atoms with Crippen LogP contribution in [-0.4, -0.2) is 22.2 Å². The monoisotopic (exact) mass is 331 g/mol. The van der Waals surface area contributed by atoms with E-state index in [1.807, 2.05) is 0 Å². The summed E-state index contributed by atoms with van der Waals surface area (Å²) < 4.78 is 34.4. The van der Waals surface area contributed by atoms with Crippen LogP contribution in [0, 0.1) is 11.6 Å². The van der Waals surface area contributed by atoms with Crippen molar-refractivity contribution in [2.75, 3.05) is 7.11 Å². The molecule has 9 heteroatoms. The van der Waals surface area contributed by atoms with Crippen LogP contribution in [0.4, 0.5) is 8.78 Å². The van der Waals surface area contributed by atoms with Gasteiger partial charge in [0.25, 0.3) is 0 Å². The Kier molecular flexibility index (Phi) is 3.38. The number of aromatic nitrogens is 4. The third-order valence-electron chi connectivity index (χ3n) is 2.88. The molecule has 108 valence electrons. The van der Waals surface area contributed by atoms with Crippen molar-refractivity contribution in [3.8, 4) is 16.9 Å². The van der Waals surface area contributed by atoms with Gasteiger partial charge in [-0.15, -0.1) is 4.52 Å². The van der Waals surface area contributed by atoms with Crippen molar-refractivity contribution in [3.05, 3.63) is 40.4 Å². The summed E-state index contributed by atoms with van der Waals surface area (Å²) in [6.07, 6.45) is 1.33. The van der Waals surface area contributed by atoms with Crippen LogP contribution in [0.25, 0.3) is 16.9 Å². The molecule has 0 fully saturated rings. The molecule has 0 saturated carbocycles. The van der Waals surface area contributed by atoms with Gasteiger partial charge >= 0.3 is 5.78 Å². The Morgan fingerprint density at radius 3 is 2.48 bits per heavy atom. The zero-order valence-electron chi connectivity index (χ0n) is 10.5. The molecule has 0 aliphatic rings. The summed E-state index contributed by atoms with van der Waals surface area (Å²) in [5.74, 6) is -1.50. The van der Waals surface area contributed by atoms with Gasteiger partial charge in [-0.25, -0.2) is 13.9 Å². The molecule has 3 aromatic rings. The summed E-state index contributed by atoms with van der Waals surface area (Å²) in [6, 6.07) is 2.07. The van der Waals surface area contributed by atoms with Crippen molar-refractivity contribution in [2.24, 2.45) is 0 Å². The fourth-order valence-electron chi connectivity index (χ4n) is 1.94. The van der Waals surface area contributed by atoms with Crippen molar-refractivity contribution in [1.82, 2.24) is 15.1 Å². The molecule has 2 heterocycles. The number of ether oxygens (including phenoxy) is 1. The molecule has 0 radical (unpaired) electrons. The van der Waals surface area contributed by atoms with Gasteiger partial charge < -0.3 is 4.74 Å². The summed E-state index contributed by atoms with van der Waals surface area (Å²) in [4.78, 5) is 7.80. The number of aromatic amines is 1. The number of methoxy groups -OCH3 is 1. The zero-order valence-corrected chi connectivity index (χ0v) is 12.0. The largest absolute Gasteiger partial charge is 0.497 e. The highest BCUT2D eigenvalue weighted by molar-refractivity contribution is 6.37. The maximum Gasteiger partial charge on any atom is 0.459 e. The van der Waals surface area contributed by atoms with Crippen molar-refractivity contribution in [3.63, 3.8) is 0 Å². The lowest BCUT2D eigenvalue weighted by Gasteiger charge is -2.08. The zero-order chi connectivity index (χ0) is 15.1. The molecular formula is C12H7Cl2F2N4O+. The number of hydrogen-bond donors (Lipinski definition) is 1. The maximum atomic E-state index is 14.2. The van der Waals surface area contributed by atoms with Crippen LogP contribution in [0.2, 0.25) is 10.3 Å². The Bertz CT molecular complexity index is 830. The predicted molar refractivity (Wildman–Crippen MR) is 71.5 cm³/mol. The van der Waals surface area contributed by atoms with Gasteiger partial charge in [0.15, 0.2) is 6.33 Å². The second kappa shape index (κ2) is 5.09. The van der Waals surface area contributed by atoms with E-state index in [1.54, 1.807) is 0 Å². The van der Waals surface area contributed by atoms with E-state index < -0.39 is 11.6 Å². The molecule has 0 amide bonds. The lowest BCUT2D eigenvalue weighted by atomic mass is 10.1. The van der Waals surface area contributed by atoms with Gasteiger partial charge in [0, 0.05) is 12.1 Å². The minimum Gasteiger partial charge on any atom is -0.497 e. The predicted octanol–water partition coefficient (Wildman–Crippen LogP) is 2.80. The molecule has 1 N–H and O–H groups in total. The highest BCUT2D eigenvalue weighted by Crippen LogP contribution is 2.36. The summed E-state index contributed by atoms with van der Waals surface area (Å²) in [5, 5.41) is 2.48. The van der Waals surface area contributed by atoms with Crippen molar-refractivity contribution < 1.29 is 18.0 Å². The van der Waals surface area contributed by atoms with Crippen LogP contribution in [0.1, 0.15) is 0 Å². The van der Waals surface area contributed by atoms with Gasteiger partial charge in [-0.3, -0.25) is 0 Å². The van der Waals surface area contributed by atoms with Crippen LogP contribution in [-0.2, 0) is 0 Å². The SMILES string of the molecule is COc1cc(F)c(-c2c(Cl)nc3nc[nH][n+]3c2Cl)c(F)c1. The first-order valence-electron chi connectivity index (χ1n) is 5.66. The van der Waals surface area contributed by atoms with E-state index in [-0.39, 0.29) is 33.0 Å². The highest BCUT2D eigenvalue weighted by atomic mass is 35.5. The van der Waals surface area contributed by atoms with E-state index in [0.29, 0.717) is 0 Å². The number of hydrogen-bond acceptors (Lipinski definition) is 3. The van der Waals surface area contributed by atoms with Crippen molar-refractivity contribution in [1.29, 1.82) is 0 Å². The van der Waals surface area contributed by atoms with Gasteiger partial charge in [-0.05, 0) is 23.2 Å². The summed E-state index contributed by atoms with van der Waals surface area (Å²) in [7, 11) is 1.31. The molecule has 0 saturated heterocycles. The molecule has 21 heavy (non-hydrogen) atoms. The van der Waals surface area contributed by atoms with Crippen LogP contribution in [0.5, 0.6) is 5.75 Å². The van der Waals surface area contributed by atoms with Crippen LogP contribution in [0.3, 0.4) is 0 Å². The van der Waals surface area contributed by atoms with E-state index in [0.717, 1.165) is 12.1 Å². The Balaban J connectivity index is 2.35. The van der Waals surface area contributed by atoms with Crippen LogP contribution < -0.4 is 9.25 Å². The molecule has 0 aliphatic carbocycles. The Morgan fingerprint density at radius 2 is 1.86 bits per heavy atom. The van der Waals surface area contributed by atoms with Crippen molar-refractivity contribution >= 4 is 29.0 Å². The molecule has 3 rings (SSSR count). The second-order valence-corrected chi connectivity index (χ2v) is 4.77. The number of halogens is 4. The minimum atomic E-state index is -0.864. The third-order valence-corrected chi connectivity index (χ3v) is 3.51. The van der Waals surface area contributed by atoms with E-state index in [4.69, 9.17) is 27.9 Å². The minimum absolute atomic E-state index is 0.0366. The molecule has 5 nitrogen and oxygen atoms in total. The third kappa shape index (κ3) is 2.18. The Hall–Kier alpha value is -1.99. The summed E-state index contributed by atoms with van der Waals surface area (Å²) >= 11 is 12.1. The molecule has 0 spiro atoms. The average molecular weight is 332 g/mol. The number of nitrogens with zero attached hydrogens (tertiary/aromatic N) is 3. The fraction of sp³-hybridized carbons (Fsp3) is 0.0833. The molecule has 0 bridgehead atoms. The van der Waals surface area contributed by atoms with Gasteiger partial charge in [0.1, 0.15) is 17.4 Å². The fourth-order valence-corrected chi connectivity index (χ4v) is 2.55. The molecule has 2 aromatic heterocycles.